The van der Waals surface area contributed by atoms with Gasteiger partial charge in [-0.1, -0.05) is 70.7 Å². The van der Waals surface area contributed by atoms with Crippen LogP contribution in [0.15, 0.2) is 60.9 Å². The van der Waals surface area contributed by atoms with Gasteiger partial charge in [-0.3, -0.25) is 0 Å². The van der Waals surface area contributed by atoms with Gasteiger partial charge < -0.3 is 5.11 Å². The Morgan fingerprint density at radius 1 is 1.24 bits per heavy atom. The molecular formula is C16H24O. The van der Waals surface area contributed by atoms with Gasteiger partial charge in [-0.15, -0.1) is 0 Å². The lowest BCUT2D eigenvalue weighted by molar-refractivity contribution is 0.435. The Labute approximate surface area is 106 Å². The van der Waals surface area contributed by atoms with E-state index in [-0.39, 0.29) is 11.2 Å². The minimum atomic E-state index is -0.129. The van der Waals surface area contributed by atoms with Gasteiger partial charge in [0.1, 0.15) is 5.76 Å². The van der Waals surface area contributed by atoms with Gasteiger partial charge in [0, 0.05) is 5.41 Å². The molecule has 0 aromatic heterocycles. The molecule has 0 rings (SSSR count). The average molecular weight is 232 g/mol. The molecule has 0 unspecified atom stereocenters. The maximum absolute atomic E-state index is 9.06. The summed E-state index contributed by atoms with van der Waals surface area (Å²) in [4.78, 5) is 0. The average Bonchev–Trinajstić information content (AvgIpc) is 2.25. The van der Waals surface area contributed by atoms with Crippen LogP contribution in [-0.2, 0) is 0 Å². The highest BCUT2D eigenvalue weighted by molar-refractivity contribution is 5.35. The lowest BCUT2D eigenvalue weighted by Gasteiger charge is -2.29. The molecule has 0 atom stereocenters. The van der Waals surface area contributed by atoms with E-state index in [0.717, 1.165) is 18.4 Å². The fraction of sp³-hybridized carbons (Fsp3) is 0.375. The zero-order chi connectivity index (χ0) is 13.5. The number of hydrogen-bond acceptors (Lipinski definition) is 1. The van der Waals surface area contributed by atoms with Crippen molar-refractivity contribution in [2.45, 2.75) is 33.6 Å². The van der Waals surface area contributed by atoms with Crippen LogP contribution in [0.1, 0.15) is 33.6 Å². The van der Waals surface area contributed by atoms with Crippen LogP contribution in [0.4, 0.5) is 0 Å². The quantitative estimate of drug-likeness (QED) is 0.477. The van der Waals surface area contributed by atoms with Gasteiger partial charge >= 0.3 is 0 Å². The summed E-state index contributed by atoms with van der Waals surface area (Å²) in [7, 11) is 0. The molecule has 1 N–H and O–H groups in total. The SMILES string of the molecule is C=C/C=C(\CCC)C(C)(C)C(=C)/C=C\C(=C)O. The first-order chi connectivity index (χ1) is 7.86. The normalized spacial score (nSPS) is 12.8. The molecule has 0 bridgehead atoms. The van der Waals surface area contributed by atoms with E-state index in [1.54, 1.807) is 6.08 Å². The molecule has 0 radical (unpaired) electrons. The summed E-state index contributed by atoms with van der Waals surface area (Å²) in [5, 5.41) is 9.06. The first-order valence-electron chi connectivity index (χ1n) is 5.93. The van der Waals surface area contributed by atoms with Crippen LogP contribution in [0.5, 0.6) is 0 Å². The fourth-order valence-electron chi connectivity index (χ4n) is 1.63. The second-order valence-electron chi connectivity index (χ2n) is 4.65. The van der Waals surface area contributed by atoms with Crippen LogP contribution in [0.2, 0.25) is 0 Å². The zero-order valence-corrected chi connectivity index (χ0v) is 11.3. The zero-order valence-electron chi connectivity index (χ0n) is 11.3. The van der Waals surface area contributed by atoms with Gasteiger partial charge in [-0.05, 0) is 18.1 Å². The third-order valence-electron chi connectivity index (χ3n) is 2.92. The van der Waals surface area contributed by atoms with E-state index in [0.29, 0.717) is 0 Å². The van der Waals surface area contributed by atoms with Crippen LogP contribution in [0, 0.1) is 5.41 Å². The molecule has 94 valence electrons. The number of aliphatic hydroxyl groups is 1. The first kappa shape index (κ1) is 15.5. The molecule has 0 fully saturated rings. The van der Waals surface area contributed by atoms with Crippen LogP contribution in [0.25, 0.3) is 0 Å². The number of aliphatic hydroxyl groups excluding tert-OH is 1. The van der Waals surface area contributed by atoms with Gasteiger partial charge in [-0.25, -0.2) is 0 Å². The van der Waals surface area contributed by atoms with Crippen molar-refractivity contribution < 1.29 is 5.11 Å². The van der Waals surface area contributed by atoms with Crippen LogP contribution < -0.4 is 0 Å². The molecule has 0 aliphatic heterocycles. The Morgan fingerprint density at radius 3 is 2.24 bits per heavy atom. The Balaban J connectivity index is 5.07. The summed E-state index contributed by atoms with van der Waals surface area (Å²) in [6, 6.07) is 0. The van der Waals surface area contributed by atoms with Crippen molar-refractivity contribution in [3.63, 3.8) is 0 Å². The van der Waals surface area contributed by atoms with Crippen molar-refractivity contribution in [1.82, 2.24) is 0 Å². The predicted molar refractivity (Wildman–Crippen MR) is 77.0 cm³/mol. The summed E-state index contributed by atoms with van der Waals surface area (Å²) < 4.78 is 0. The van der Waals surface area contributed by atoms with Crippen LogP contribution in [0.3, 0.4) is 0 Å². The molecule has 1 nitrogen and oxygen atoms in total. The van der Waals surface area contributed by atoms with Crippen LogP contribution in [-0.4, -0.2) is 5.11 Å². The topological polar surface area (TPSA) is 20.2 Å². The summed E-state index contributed by atoms with van der Waals surface area (Å²) >= 11 is 0. The molecule has 1 heteroatoms. The summed E-state index contributed by atoms with van der Waals surface area (Å²) in [5.74, 6) is 0.0479. The fourth-order valence-corrected chi connectivity index (χ4v) is 1.63. The molecule has 0 aliphatic carbocycles. The first-order valence-corrected chi connectivity index (χ1v) is 5.93. The smallest absolute Gasteiger partial charge is 0.108 e. The lowest BCUT2D eigenvalue weighted by Crippen LogP contribution is -2.16. The number of hydrogen-bond donors (Lipinski definition) is 1. The van der Waals surface area contributed by atoms with E-state index in [2.05, 4.69) is 46.6 Å². The van der Waals surface area contributed by atoms with Gasteiger partial charge in [0.15, 0.2) is 0 Å². The summed E-state index contributed by atoms with van der Waals surface area (Å²) in [5.41, 5.74) is 2.12. The molecule has 0 heterocycles. The monoisotopic (exact) mass is 232 g/mol. The van der Waals surface area contributed by atoms with E-state index in [1.165, 1.54) is 5.57 Å². The largest absolute Gasteiger partial charge is 0.509 e. The highest BCUT2D eigenvalue weighted by atomic mass is 16.3. The van der Waals surface area contributed by atoms with E-state index in [9.17, 15) is 0 Å². The Morgan fingerprint density at radius 2 is 1.82 bits per heavy atom. The Kier molecular flexibility index (Phi) is 6.34. The molecule has 0 spiro atoms. The standard InChI is InChI=1S/C16H24O/c1-7-9-15(10-8-2)16(5,6)13(3)11-12-14(4)17/h7,9,11-12,17H,1,3-4,8,10H2,2,5-6H3/b12-11-,15-9+. The van der Waals surface area contributed by atoms with E-state index >= 15 is 0 Å². The minimum Gasteiger partial charge on any atom is -0.509 e. The van der Waals surface area contributed by atoms with Crippen molar-refractivity contribution in [3.8, 4) is 0 Å². The molecule has 0 saturated carbocycles. The molecule has 0 aliphatic rings. The van der Waals surface area contributed by atoms with Crippen molar-refractivity contribution in [1.29, 1.82) is 0 Å². The van der Waals surface area contributed by atoms with Crippen LogP contribution >= 0.6 is 0 Å². The highest BCUT2D eigenvalue weighted by Gasteiger charge is 2.24. The van der Waals surface area contributed by atoms with E-state index in [4.69, 9.17) is 5.11 Å². The van der Waals surface area contributed by atoms with E-state index in [1.807, 2.05) is 12.2 Å². The molecule has 17 heavy (non-hydrogen) atoms. The van der Waals surface area contributed by atoms with Crippen molar-refractivity contribution >= 4 is 0 Å². The summed E-state index contributed by atoms with van der Waals surface area (Å²) in [6.07, 6.45) is 9.36. The summed E-state index contributed by atoms with van der Waals surface area (Å²) in [6.45, 7) is 17.7. The number of rotatable bonds is 7. The van der Waals surface area contributed by atoms with E-state index < -0.39 is 0 Å². The molecule has 0 saturated heterocycles. The maximum atomic E-state index is 9.06. The van der Waals surface area contributed by atoms with Gasteiger partial charge in [-0.2, -0.15) is 0 Å². The van der Waals surface area contributed by atoms with Gasteiger partial charge in [0.25, 0.3) is 0 Å². The van der Waals surface area contributed by atoms with Gasteiger partial charge in [0.05, 0.1) is 0 Å². The highest BCUT2D eigenvalue weighted by Crippen LogP contribution is 2.37. The minimum absolute atomic E-state index is 0.0479. The number of allylic oxidation sites excluding steroid dienone is 6. The molecule has 0 aromatic rings. The second-order valence-corrected chi connectivity index (χ2v) is 4.65. The maximum Gasteiger partial charge on any atom is 0.108 e. The third-order valence-corrected chi connectivity index (χ3v) is 2.92. The Bertz CT molecular complexity index is 354. The third kappa shape index (κ3) is 4.90. The van der Waals surface area contributed by atoms with Crippen molar-refractivity contribution in [2.75, 3.05) is 0 Å². The predicted octanol–water partition coefficient (Wildman–Crippen LogP) is 5.11. The lowest BCUT2D eigenvalue weighted by atomic mass is 9.75. The Hall–Kier alpha value is -1.50. The molecular weight excluding hydrogens is 208 g/mol. The molecule has 0 aromatic carbocycles. The van der Waals surface area contributed by atoms with Crippen molar-refractivity contribution in [3.05, 3.63) is 60.9 Å². The van der Waals surface area contributed by atoms with Gasteiger partial charge in [0.2, 0.25) is 0 Å². The molecule has 0 amide bonds. The van der Waals surface area contributed by atoms with Crippen molar-refractivity contribution in [2.24, 2.45) is 5.41 Å². The second kappa shape index (κ2) is 6.95.